The maximum absolute atomic E-state index is 13.0. The lowest BCUT2D eigenvalue weighted by molar-refractivity contribution is -0.291. The molecule has 0 saturated heterocycles. The van der Waals surface area contributed by atoms with Gasteiger partial charge in [-0.3, -0.25) is 0 Å². The molecule has 0 aromatic rings. The third kappa shape index (κ3) is 3.72. The van der Waals surface area contributed by atoms with Crippen LogP contribution in [0.15, 0.2) is 0 Å². The Morgan fingerprint density at radius 2 is 1.47 bits per heavy atom. The lowest BCUT2D eigenvalue weighted by atomic mass is 9.98. The summed E-state index contributed by atoms with van der Waals surface area (Å²) < 4.78 is 86.8. The molecule has 1 rings (SSSR count). The highest BCUT2D eigenvalue weighted by molar-refractivity contribution is 4.94. The van der Waals surface area contributed by atoms with Crippen LogP contribution in [0.3, 0.4) is 0 Å². The van der Waals surface area contributed by atoms with Gasteiger partial charge in [-0.15, -0.1) is 0 Å². The van der Waals surface area contributed by atoms with Crippen molar-refractivity contribution in [2.45, 2.75) is 49.8 Å². The normalized spacial score (nSPS) is 20.5. The average Bonchev–Trinajstić information content (AvgIpc) is 2.82. The predicted molar refractivity (Wildman–Crippen MR) is 43.9 cm³/mol. The van der Waals surface area contributed by atoms with E-state index in [9.17, 15) is 30.7 Å². The van der Waals surface area contributed by atoms with E-state index in [2.05, 4.69) is 0 Å². The molecule has 102 valence electrons. The van der Waals surface area contributed by atoms with Gasteiger partial charge in [0, 0.05) is 0 Å². The molecule has 1 unspecified atom stereocenters. The fourth-order valence-corrected chi connectivity index (χ4v) is 1.43. The second kappa shape index (κ2) is 4.29. The first kappa shape index (κ1) is 14.5. The molecule has 1 atom stereocenters. The van der Waals surface area contributed by atoms with Crippen molar-refractivity contribution in [2.24, 2.45) is 5.92 Å². The quantitative estimate of drug-likeness (QED) is 0.758. The first-order valence-corrected chi connectivity index (χ1v) is 4.96. The van der Waals surface area contributed by atoms with Crippen LogP contribution < -0.4 is 0 Å². The Bertz CT molecular complexity index is 269. The monoisotopic (exact) mass is 268 g/mol. The van der Waals surface area contributed by atoms with Crippen molar-refractivity contribution in [3.63, 3.8) is 0 Å². The molecule has 0 bridgehead atoms. The molecule has 0 aliphatic heterocycles. The number of alkyl halides is 7. The molecule has 1 fully saturated rings. The van der Waals surface area contributed by atoms with Crippen molar-refractivity contribution in [2.75, 3.05) is 0 Å². The fraction of sp³-hybridized carbons (Fsp3) is 1.00. The minimum absolute atomic E-state index is 0.294. The molecule has 1 aliphatic rings. The van der Waals surface area contributed by atoms with Crippen LogP contribution in [-0.4, -0.2) is 29.2 Å². The van der Waals surface area contributed by atoms with Crippen molar-refractivity contribution >= 4 is 0 Å². The molecule has 0 aromatic heterocycles. The van der Waals surface area contributed by atoms with Crippen LogP contribution in [-0.2, 0) is 0 Å². The largest absolute Gasteiger partial charge is 0.395 e. The van der Waals surface area contributed by atoms with Gasteiger partial charge in [0.25, 0.3) is 0 Å². The van der Waals surface area contributed by atoms with Gasteiger partial charge in [-0.25, -0.2) is 0 Å². The second-order valence-corrected chi connectivity index (χ2v) is 4.31. The molecule has 8 heteroatoms. The number of rotatable bonds is 5. The van der Waals surface area contributed by atoms with Crippen molar-refractivity contribution < 1.29 is 35.8 Å². The first-order chi connectivity index (χ1) is 7.46. The van der Waals surface area contributed by atoms with Crippen molar-refractivity contribution in [3.8, 4) is 0 Å². The van der Waals surface area contributed by atoms with E-state index in [0.717, 1.165) is 0 Å². The van der Waals surface area contributed by atoms with Crippen LogP contribution in [0.5, 0.6) is 0 Å². The third-order valence-corrected chi connectivity index (χ3v) is 2.58. The van der Waals surface area contributed by atoms with Crippen molar-refractivity contribution in [3.05, 3.63) is 0 Å². The summed E-state index contributed by atoms with van der Waals surface area (Å²) in [5.74, 6) is -10.7. The van der Waals surface area contributed by atoms with Gasteiger partial charge in [0.1, 0.15) is 12.5 Å². The highest BCUT2D eigenvalue weighted by Gasteiger charge is 2.64. The molecule has 0 amide bonds. The zero-order chi connectivity index (χ0) is 13.5. The summed E-state index contributed by atoms with van der Waals surface area (Å²) in [6.07, 6.45) is -10.6. The number of aliphatic hydroxyl groups excluding tert-OH is 1. The average molecular weight is 268 g/mol. The SMILES string of the molecule is OC(CC1CC1)C(F)(F)C(F)(F)CC(F)(F)F. The molecule has 17 heavy (non-hydrogen) atoms. The lowest BCUT2D eigenvalue weighted by Gasteiger charge is -2.30. The summed E-state index contributed by atoms with van der Waals surface area (Å²) in [7, 11) is 0. The topological polar surface area (TPSA) is 20.2 Å². The van der Waals surface area contributed by atoms with Gasteiger partial charge in [-0.2, -0.15) is 30.7 Å². The molecule has 0 radical (unpaired) electrons. The van der Waals surface area contributed by atoms with E-state index in [1.54, 1.807) is 0 Å². The predicted octanol–water partition coefficient (Wildman–Crippen LogP) is 3.37. The van der Waals surface area contributed by atoms with E-state index in [1.807, 2.05) is 0 Å². The Hall–Kier alpha value is -0.530. The van der Waals surface area contributed by atoms with Gasteiger partial charge in [-0.05, 0) is 12.3 Å². The Morgan fingerprint density at radius 1 is 1.00 bits per heavy atom. The van der Waals surface area contributed by atoms with Gasteiger partial charge < -0.3 is 5.11 Å². The molecule has 0 aromatic carbocycles. The van der Waals surface area contributed by atoms with Crippen LogP contribution in [0.1, 0.15) is 25.7 Å². The second-order valence-electron chi connectivity index (χ2n) is 4.31. The van der Waals surface area contributed by atoms with Gasteiger partial charge in [0.15, 0.2) is 0 Å². The first-order valence-electron chi connectivity index (χ1n) is 4.96. The van der Waals surface area contributed by atoms with Crippen LogP contribution in [0.2, 0.25) is 0 Å². The van der Waals surface area contributed by atoms with E-state index >= 15 is 0 Å². The zero-order valence-electron chi connectivity index (χ0n) is 8.58. The molecule has 0 heterocycles. The summed E-state index contributed by atoms with van der Waals surface area (Å²) >= 11 is 0. The minimum atomic E-state index is -5.41. The van der Waals surface area contributed by atoms with E-state index in [4.69, 9.17) is 5.11 Å². The van der Waals surface area contributed by atoms with E-state index in [0.29, 0.717) is 12.8 Å². The highest BCUT2D eigenvalue weighted by atomic mass is 19.4. The summed E-state index contributed by atoms with van der Waals surface area (Å²) in [5.41, 5.74) is 0. The third-order valence-electron chi connectivity index (χ3n) is 2.58. The summed E-state index contributed by atoms with van der Waals surface area (Å²) in [4.78, 5) is 0. The van der Waals surface area contributed by atoms with Gasteiger partial charge in [0.2, 0.25) is 0 Å². The molecular formula is C9H11F7O. The molecule has 1 saturated carbocycles. The maximum Gasteiger partial charge on any atom is 0.395 e. The van der Waals surface area contributed by atoms with Crippen LogP contribution in [0, 0.1) is 5.92 Å². The molecule has 1 nitrogen and oxygen atoms in total. The van der Waals surface area contributed by atoms with E-state index in [1.165, 1.54) is 0 Å². The van der Waals surface area contributed by atoms with Crippen LogP contribution in [0.4, 0.5) is 30.7 Å². The molecule has 0 spiro atoms. The number of hydrogen-bond donors (Lipinski definition) is 1. The lowest BCUT2D eigenvalue weighted by Crippen LogP contribution is -2.51. The van der Waals surface area contributed by atoms with Gasteiger partial charge >= 0.3 is 18.0 Å². The standard InChI is InChI=1S/C9H11F7O/c10-7(11,4-8(12,13)14)9(15,16)6(17)3-5-1-2-5/h5-6,17H,1-4H2. The van der Waals surface area contributed by atoms with Gasteiger partial charge in [-0.1, -0.05) is 12.8 Å². The Morgan fingerprint density at radius 3 is 1.82 bits per heavy atom. The maximum atomic E-state index is 13.0. The van der Waals surface area contributed by atoms with E-state index < -0.39 is 37.0 Å². The number of hydrogen-bond acceptors (Lipinski definition) is 1. The zero-order valence-corrected chi connectivity index (χ0v) is 8.58. The molecular weight excluding hydrogens is 257 g/mol. The summed E-state index contributed by atoms with van der Waals surface area (Å²) in [5, 5.41) is 8.92. The van der Waals surface area contributed by atoms with Crippen molar-refractivity contribution in [1.29, 1.82) is 0 Å². The minimum Gasteiger partial charge on any atom is -0.387 e. The Kier molecular flexibility index (Phi) is 3.67. The smallest absolute Gasteiger partial charge is 0.387 e. The summed E-state index contributed by atoms with van der Waals surface area (Å²) in [6, 6.07) is 0. The van der Waals surface area contributed by atoms with Crippen molar-refractivity contribution in [1.82, 2.24) is 0 Å². The Labute approximate surface area is 92.6 Å². The summed E-state index contributed by atoms with van der Waals surface area (Å²) in [6.45, 7) is 0. The number of halogens is 7. The molecule has 1 aliphatic carbocycles. The van der Waals surface area contributed by atoms with Crippen LogP contribution in [0.25, 0.3) is 0 Å². The van der Waals surface area contributed by atoms with E-state index in [-0.39, 0.29) is 5.92 Å². The molecule has 1 N–H and O–H groups in total. The fourth-order valence-electron chi connectivity index (χ4n) is 1.43. The van der Waals surface area contributed by atoms with Crippen LogP contribution >= 0.6 is 0 Å². The number of aliphatic hydroxyl groups is 1. The van der Waals surface area contributed by atoms with Gasteiger partial charge in [0.05, 0.1) is 0 Å². The Balaban J connectivity index is 2.70. The highest BCUT2D eigenvalue weighted by Crippen LogP contribution is 2.47.